The number of aromatic amines is 1. The van der Waals surface area contributed by atoms with E-state index < -0.39 is 12.0 Å². The zero-order chi connectivity index (χ0) is 18.0. The fraction of sp³-hybridized carbons (Fsp3) is 0.588. The van der Waals surface area contributed by atoms with Gasteiger partial charge in [-0.3, -0.25) is 9.59 Å². The lowest BCUT2D eigenvalue weighted by Gasteiger charge is -2.26. The van der Waals surface area contributed by atoms with Crippen LogP contribution in [0.1, 0.15) is 51.9 Å². The van der Waals surface area contributed by atoms with E-state index in [9.17, 15) is 14.4 Å². The Morgan fingerprint density at radius 3 is 2.54 bits per heavy atom. The number of nitrogens with one attached hydrogen (secondary N) is 1. The minimum absolute atomic E-state index is 0.0750. The van der Waals surface area contributed by atoms with E-state index in [0.717, 1.165) is 6.42 Å². The summed E-state index contributed by atoms with van der Waals surface area (Å²) in [7, 11) is 4.70. The van der Waals surface area contributed by atoms with Gasteiger partial charge in [0.15, 0.2) is 0 Å². The van der Waals surface area contributed by atoms with Crippen LogP contribution < -0.4 is 0 Å². The molecule has 1 fully saturated rings. The van der Waals surface area contributed by atoms with Crippen LogP contribution >= 0.6 is 0 Å². The number of H-pyrrole nitrogens is 1. The Bertz CT molecular complexity index is 663. The molecule has 1 atom stereocenters. The number of carbonyl (C=O) groups is 3. The molecule has 1 N–H and O–H groups in total. The third kappa shape index (κ3) is 3.02. The number of methoxy groups -OCH3 is 1. The highest BCUT2D eigenvalue weighted by atomic mass is 16.5. The smallest absolute Gasteiger partial charge is 0.339 e. The summed E-state index contributed by atoms with van der Waals surface area (Å²) in [5.41, 5.74) is 2.03. The third-order valence-electron chi connectivity index (χ3n) is 4.52. The van der Waals surface area contributed by atoms with Crippen LogP contribution in [0, 0.1) is 6.92 Å². The van der Waals surface area contributed by atoms with Crippen LogP contribution in [0.3, 0.4) is 0 Å². The van der Waals surface area contributed by atoms with Gasteiger partial charge in [0.05, 0.1) is 12.7 Å². The maximum absolute atomic E-state index is 13.0. The second-order valence-corrected chi connectivity index (χ2v) is 6.21. The molecule has 1 aliphatic rings. The van der Waals surface area contributed by atoms with Crippen LogP contribution in [0.25, 0.3) is 0 Å². The van der Waals surface area contributed by atoms with E-state index in [-0.39, 0.29) is 11.8 Å². The van der Waals surface area contributed by atoms with Crippen molar-refractivity contribution in [1.82, 2.24) is 14.8 Å². The Labute approximate surface area is 141 Å². The molecule has 0 saturated carbocycles. The quantitative estimate of drug-likeness (QED) is 0.842. The molecule has 0 bridgehead atoms. The summed E-state index contributed by atoms with van der Waals surface area (Å²) in [6.07, 6.45) is 2.03. The molecule has 0 radical (unpaired) electrons. The molecule has 1 aromatic heterocycles. The molecule has 132 valence electrons. The number of carbonyl (C=O) groups excluding carboxylic acids is 3. The standard InChI is InChI=1S/C17H25N3O4/c1-6-11-13(17(23)24-5)10(2)14(18-11)16(22)20-9-7-8-12(20)15(21)19(3)4/h12,18H,6-9H2,1-5H3. The Hall–Kier alpha value is -2.31. The van der Waals surface area contributed by atoms with E-state index in [4.69, 9.17) is 4.74 Å². The van der Waals surface area contributed by atoms with Crippen molar-refractivity contribution in [3.05, 3.63) is 22.5 Å². The number of nitrogens with zero attached hydrogens (tertiary/aromatic N) is 2. The number of esters is 1. The van der Waals surface area contributed by atoms with E-state index in [0.29, 0.717) is 41.9 Å². The van der Waals surface area contributed by atoms with Gasteiger partial charge in [0, 0.05) is 26.3 Å². The summed E-state index contributed by atoms with van der Waals surface area (Å²) >= 11 is 0. The topological polar surface area (TPSA) is 82.7 Å². The lowest BCUT2D eigenvalue weighted by atomic mass is 10.1. The number of rotatable bonds is 4. The van der Waals surface area contributed by atoms with Gasteiger partial charge in [-0.2, -0.15) is 0 Å². The first-order chi connectivity index (χ1) is 11.3. The zero-order valence-electron chi connectivity index (χ0n) is 14.9. The lowest BCUT2D eigenvalue weighted by molar-refractivity contribution is -0.132. The summed E-state index contributed by atoms with van der Waals surface area (Å²) in [5.74, 6) is -0.772. The molecule has 1 saturated heterocycles. The van der Waals surface area contributed by atoms with Gasteiger partial charge >= 0.3 is 5.97 Å². The predicted molar refractivity (Wildman–Crippen MR) is 89.0 cm³/mol. The first-order valence-electron chi connectivity index (χ1n) is 8.15. The predicted octanol–water partition coefficient (Wildman–Crippen LogP) is 1.36. The van der Waals surface area contributed by atoms with E-state index in [1.165, 1.54) is 12.0 Å². The molecule has 2 heterocycles. The van der Waals surface area contributed by atoms with Gasteiger partial charge < -0.3 is 19.5 Å². The molecule has 0 aliphatic carbocycles. The lowest BCUT2D eigenvalue weighted by Crippen LogP contribution is -2.45. The minimum Gasteiger partial charge on any atom is -0.465 e. The van der Waals surface area contributed by atoms with Gasteiger partial charge in [-0.15, -0.1) is 0 Å². The molecule has 1 aliphatic heterocycles. The fourth-order valence-corrected chi connectivity index (χ4v) is 3.22. The van der Waals surface area contributed by atoms with Crippen molar-refractivity contribution in [3.8, 4) is 0 Å². The van der Waals surface area contributed by atoms with Crippen molar-refractivity contribution in [2.75, 3.05) is 27.7 Å². The molecule has 7 nitrogen and oxygen atoms in total. The van der Waals surface area contributed by atoms with Crippen LogP contribution in [0.15, 0.2) is 0 Å². The highest BCUT2D eigenvalue weighted by Gasteiger charge is 2.37. The number of ether oxygens (including phenoxy) is 1. The average molecular weight is 335 g/mol. The molecule has 7 heteroatoms. The number of aromatic nitrogens is 1. The fourth-order valence-electron chi connectivity index (χ4n) is 3.22. The van der Waals surface area contributed by atoms with Crippen LogP contribution in [0.4, 0.5) is 0 Å². The summed E-state index contributed by atoms with van der Waals surface area (Å²) in [6, 6.07) is -0.443. The second kappa shape index (κ2) is 7.07. The number of hydrogen-bond donors (Lipinski definition) is 1. The van der Waals surface area contributed by atoms with E-state index >= 15 is 0 Å². The van der Waals surface area contributed by atoms with Crippen molar-refractivity contribution in [1.29, 1.82) is 0 Å². The van der Waals surface area contributed by atoms with Crippen LogP contribution in [0.2, 0.25) is 0 Å². The summed E-state index contributed by atoms with van der Waals surface area (Å²) < 4.78 is 4.82. The van der Waals surface area contributed by atoms with Gasteiger partial charge in [0.2, 0.25) is 5.91 Å². The number of hydrogen-bond acceptors (Lipinski definition) is 4. The van der Waals surface area contributed by atoms with Crippen LogP contribution in [0.5, 0.6) is 0 Å². The average Bonchev–Trinajstić information content (AvgIpc) is 3.17. The van der Waals surface area contributed by atoms with Crippen molar-refractivity contribution >= 4 is 17.8 Å². The van der Waals surface area contributed by atoms with Gasteiger partial charge in [-0.1, -0.05) is 6.92 Å². The number of likely N-dealkylation sites (N-methyl/N-ethyl adjacent to an activating group) is 1. The Kier molecular flexibility index (Phi) is 5.31. The molecule has 1 aromatic rings. The van der Waals surface area contributed by atoms with Gasteiger partial charge in [-0.25, -0.2) is 4.79 Å². The Balaban J connectivity index is 2.38. The Morgan fingerprint density at radius 2 is 2.00 bits per heavy atom. The first-order valence-corrected chi connectivity index (χ1v) is 8.15. The monoisotopic (exact) mass is 335 g/mol. The molecule has 0 aromatic carbocycles. The summed E-state index contributed by atoms with van der Waals surface area (Å²) in [5, 5.41) is 0. The summed E-state index contributed by atoms with van der Waals surface area (Å²) in [4.78, 5) is 43.5. The Morgan fingerprint density at radius 1 is 1.33 bits per heavy atom. The molecule has 1 unspecified atom stereocenters. The van der Waals surface area contributed by atoms with Gasteiger partial charge in [0.25, 0.3) is 5.91 Å². The maximum atomic E-state index is 13.0. The molecule has 24 heavy (non-hydrogen) atoms. The van der Waals surface area contributed by atoms with Gasteiger partial charge in [-0.05, 0) is 31.7 Å². The zero-order valence-corrected chi connectivity index (χ0v) is 14.9. The third-order valence-corrected chi connectivity index (χ3v) is 4.52. The normalized spacial score (nSPS) is 17.0. The highest BCUT2D eigenvalue weighted by Crippen LogP contribution is 2.26. The van der Waals surface area contributed by atoms with Crippen molar-refractivity contribution < 1.29 is 19.1 Å². The molecule has 0 spiro atoms. The largest absolute Gasteiger partial charge is 0.465 e. The summed E-state index contributed by atoms with van der Waals surface area (Å²) in [6.45, 7) is 4.17. The molecular weight excluding hydrogens is 310 g/mol. The van der Waals surface area contributed by atoms with E-state index in [1.807, 2.05) is 6.92 Å². The van der Waals surface area contributed by atoms with Crippen molar-refractivity contribution in [2.24, 2.45) is 0 Å². The van der Waals surface area contributed by atoms with E-state index in [1.54, 1.807) is 25.9 Å². The number of aryl methyl sites for hydroxylation is 1. The van der Waals surface area contributed by atoms with Gasteiger partial charge in [0.1, 0.15) is 11.7 Å². The molecule has 2 rings (SSSR count). The molecule has 2 amide bonds. The van der Waals surface area contributed by atoms with Crippen molar-refractivity contribution in [3.63, 3.8) is 0 Å². The second-order valence-electron chi connectivity index (χ2n) is 6.21. The first kappa shape index (κ1) is 18.0. The maximum Gasteiger partial charge on any atom is 0.339 e. The SMILES string of the molecule is CCc1[nH]c(C(=O)N2CCCC2C(=O)N(C)C)c(C)c1C(=O)OC. The number of amides is 2. The van der Waals surface area contributed by atoms with Crippen molar-refractivity contribution in [2.45, 2.75) is 39.2 Å². The van der Waals surface area contributed by atoms with E-state index in [2.05, 4.69) is 4.98 Å². The number of likely N-dealkylation sites (tertiary alicyclic amines) is 1. The van der Waals surface area contributed by atoms with Crippen LogP contribution in [-0.2, 0) is 16.0 Å². The molecular formula is C17H25N3O4. The van der Waals surface area contributed by atoms with Crippen LogP contribution in [-0.4, -0.2) is 66.4 Å². The highest BCUT2D eigenvalue weighted by molar-refractivity contribution is 6.02. The minimum atomic E-state index is -0.456.